The molecule has 28 heavy (non-hydrogen) atoms. The van der Waals surface area contributed by atoms with E-state index in [4.69, 9.17) is 4.98 Å². The van der Waals surface area contributed by atoms with Gasteiger partial charge in [0.1, 0.15) is 12.4 Å². The summed E-state index contributed by atoms with van der Waals surface area (Å²) in [5, 5.41) is 4.90. The fourth-order valence-corrected chi connectivity index (χ4v) is 4.34. The molecule has 0 radical (unpaired) electrons. The number of piperidine rings is 1. The number of benzene rings is 1. The molecular formula is C21H24N4O2S. The number of fused-ring (bicyclic) bond motifs is 1. The number of carbonyl (C=O) groups is 2. The molecule has 1 atom stereocenters. The van der Waals surface area contributed by atoms with Crippen molar-refractivity contribution in [2.24, 2.45) is 0 Å². The second kappa shape index (κ2) is 8.14. The lowest BCUT2D eigenvalue weighted by Gasteiger charge is -2.27. The number of nitrogens with zero attached hydrogens (tertiary/aromatic N) is 3. The summed E-state index contributed by atoms with van der Waals surface area (Å²) in [6.45, 7) is 3.81. The van der Waals surface area contributed by atoms with Crippen molar-refractivity contribution in [1.82, 2.24) is 19.8 Å². The molecule has 1 aromatic carbocycles. The Balaban J connectivity index is 1.61. The van der Waals surface area contributed by atoms with Gasteiger partial charge in [0.2, 0.25) is 5.91 Å². The Hall–Kier alpha value is -2.67. The summed E-state index contributed by atoms with van der Waals surface area (Å²) < 4.78 is 1.95. The van der Waals surface area contributed by atoms with E-state index in [1.54, 1.807) is 6.07 Å². The van der Waals surface area contributed by atoms with Gasteiger partial charge in [0.15, 0.2) is 0 Å². The molecule has 146 valence electrons. The first-order valence-corrected chi connectivity index (χ1v) is 10.6. The number of para-hydroxylation sites is 2. The number of nitrogens with one attached hydrogen (secondary N) is 1. The van der Waals surface area contributed by atoms with Crippen LogP contribution in [0, 0.1) is 0 Å². The Morgan fingerprint density at radius 3 is 2.68 bits per heavy atom. The minimum atomic E-state index is -0.309. The number of amides is 2. The third-order valence-corrected chi connectivity index (χ3v) is 6.03. The number of hydrogen-bond donors (Lipinski definition) is 1. The van der Waals surface area contributed by atoms with Crippen molar-refractivity contribution in [3.63, 3.8) is 0 Å². The zero-order chi connectivity index (χ0) is 19.5. The molecule has 6 nitrogen and oxygen atoms in total. The van der Waals surface area contributed by atoms with Crippen molar-refractivity contribution in [2.75, 3.05) is 13.1 Å². The minimum absolute atomic E-state index is 0.112. The van der Waals surface area contributed by atoms with Gasteiger partial charge < -0.3 is 14.8 Å². The summed E-state index contributed by atoms with van der Waals surface area (Å²) in [5.41, 5.74) is 1.75. The van der Waals surface area contributed by atoms with Gasteiger partial charge >= 0.3 is 0 Å². The fourth-order valence-electron chi connectivity index (χ4n) is 3.71. The van der Waals surface area contributed by atoms with Crippen molar-refractivity contribution in [1.29, 1.82) is 0 Å². The van der Waals surface area contributed by atoms with E-state index < -0.39 is 0 Å². The van der Waals surface area contributed by atoms with Crippen LogP contribution < -0.4 is 5.32 Å². The lowest BCUT2D eigenvalue weighted by atomic mass is 10.1. The topological polar surface area (TPSA) is 67.2 Å². The molecule has 1 N–H and O–H groups in total. The van der Waals surface area contributed by atoms with E-state index in [1.165, 1.54) is 17.8 Å². The zero-order valence-corrected chi connectivity index (χ0v) is 16.7. The van der Waals surface area contributed by atoms with Crippen LogP contribution in [0.5, 0.6) is 0 Å². The number of carbonyl (C=O) groups excluding carboxylic acids is 2. The van der Waals surface area contributed by atoms with Gasteiger partial charge in [-0.1, -0.05) is 18.2 Å². The van der Waals surface area contributed by atoms with Crippen LogP contribution in [-0.2, 0) is 11.3 Å². The van der Waals surface area contributed by atoms with E-state index in [0.29, 0.717) is 10.7 Å². The van der Waals surface area contributed by atoms with Gasteiger partial charge in [-0.15, -0.1) is 11.3 Å². The molecule has 0 spiro atoms. The van der Waals surface area contributed by atoms with Crippen LogP contribution in [0.2, 0.25) is 0 Å². The van der Waals surface area contributed by atoms with Crippen LogP contribution in [0.3, 0.4) is 0 Å². The van der Waals surface area contributed by atoms with Crippen LogP contribution >= 0.6 is 11.3 Å². The first kappa shape index (κ1) is 18.7. The van der Waals surface area contributed by atoms with Crippen molar-refractivity contribution in [3.05, 3.63) is 52.5 Å². The monoisotopic (exact) mass is 396 g/mol. The number of thiophene rings is 1. The highest BCUT2D eigenvalue weighted by Gasteiger charge is 2.23. The largest absolute Gasteiger partial charge is 0.342 e. The summed E-state index contributed by atoms with van der Waals surface area (Å²) in [4.78, 5) is 32.7. The molecule has 3 heterocycles. The van der Waals surface area contributed by atoms with Gasteiger partial charge in [0.05, 0.1) is 22.0 Å². The standard InChI is InChI=1S/C21H24N4O2S/c1-15(22-21(27)18-10-7-13-28-18)20-23-16-8-3-4-9-17(16)25(20)14-19(26)24-11-5-2-6-12-24/h3-4,7-10,13,15H,2,5-6,11-12,14H2,1H3,(H,22,27). The molecule has 2 aromatic heterocycles. The van der Waals surface area contributed by atoms with E-state index >= 15 is 0 Å². The highest BCUT2D eigenvalue weighted by molar-refractivity contribution is 7.12. The van der Waals surface area contributed by atoms with E-state index in [-0.39, 0.29) is 24.4 Å². The van der Waals surface area contributed by atoms with Crippen LogP contribution in [-0.4, -0.2) is 39.4 Å². The van der Waals surface area contributed by atoms with Crippen molar-refractivity contribution < 1.29 is 9.59 Å². The van der Waals surface area contributed by atoms with Crippen molar-refractivity contribution >= 4 is 34.2 Å². The minimum Gasteiger partial charge on any atom is -0.342 e. The highest BCUT2D eigenvalue weighted by Crippen LogP contribution is 2.22. The maximum Gasteiger partial charge on any atom is 0.261 e. The number of aromatic nitrogens is 2. The second-order valence-corrected chi connectivity index (χ2v) is 8.11. The molecule has 1 aliphatic heterocycles. The molecule has 1 saturated heterocycles. The molecule has 7 heteroatoms. The Bertz CT molecular complexity index is 974. The van der Waals surface area contributed by atoms with E-state index in [0.717, 1.165) is 37.0 Å². The summed E-state index contributed by atoms with van der Waals surface area (Å²) >= 11 is 1.41. The van der Waals surface area contributed by atoms with Gasteiger partial charge in [-0.2, -0.15) is 0 Å². The van der Waals surface area contributed by atoms with Crippen LogP contribution in [0.4, 0.5) is 0 Å². The third-order valence-electron chi connectivity index (χ3n) is 5.17. The van der Waals surface area contributed by atoms with E-state index in [9.17, 15) is 9.59 Å². The molecule has 0 bridgehead atoms. The van der Waals surface area contributed by atoms with E-state index in [2.05, 4.69) is 5.32 Å². The highest BCUT2D eigenvalue weighted by atomic mass is 32.1. The van der Waals surface area contributed by atoms with Crippen LogP contribution in [0.15, 0.2) is 41.8 Å². The molecule has 1 unspecified atom stereocenters. The SMILES string of the molecule is CC(NC(=O)c1cccs1)c1nc2ccccc2n1CC(=O)N1CCCCC1. The first-order valence-electron chi connectivity index (χ1n) is 9.71. The summed E-state index contributed by atoms with van der Waals surface area (Å²) in [6.07, 6.45) is 3.32. The maximum atomic E-state index is 12.9. The number of rotatable bonds is 5. The van der Waals surface area contributed by atoms with Crippen molar-refractivity contribution in [3.8, 4) is 0 Å². The predicted molar refractivity (Wildman–Crippen MR) is 110 cm³/mol. The molecular weight excluding hydrogens is 372 g/mol. The lowest BCUT2D eigenvalue weighted by molar-refractivity contribution is -0.132. The summed E-state index contributed by atoms with van der Waals surface area (Å²) in [5.74, 6) is 0.695. The average molecular weight is 397 g/mol. The molecule has 1 fully saturated rings. The van der Waals surface area contributed by atoms with Crippen LogP contribution in [0.25, 0.3) is 11.0 Å². The molecule has 0 aliphatic carbocycles. The zero-order valence-electron chi connectivity index (χ0n) is 15.9. The van der Waals surface area contributed by atoms with Crippen LogP contribution in [0.1, 0.15) is 47.7 Å². The van der Waals surface area contributed by atoms with Gasteiger partial charge in [-0.3, -0.25) is 9.59 Å². The van der Waals surface area contributed by atoms with E-state index in [1.807, 2.05) is 52.1 Å². The Morgan fingerprint density at radius 2 is 1.93 bits per heavy atom. The molecule has 2 amide bonds. The summed E-state index contributed by atoms with van der Waals surface area (Å²) in [6, 6.07) is 11.1. The van der Waals surface area contributed by atoms with Gasteiger partial charge in [0.25, 0.3) is 5.91 Å². The quantitative estimate of drug-likeness (QED) is 0.716. The molecule has 0 saturated carbocycles. The third kappa shape index (κ3) is 3.80. The smallest absolute Gasteiger partial charge is 0.261 e. The lowest BCUT2D eigenvalue weighted by Crippen LogP contribution is -2.38. The Labute approximate surface area is 168 Å². The maximum absolute atomic E-state index is 12.9. The van der Waals surface area contributed by atoms with Gasteiger partial charge in [-0.25, -0.2) is 4.98 Å². The fraction of sp³-hybridized carbons (Fsp3) is 0.381. The Kier molecular flexibility index (Phi) is 5.43. The first-order chi connectivity index (χ1) is 13.6. The predicted octanol–water partition coefficient (Wildman–Crippen LogP) is 3.60. The van der Waals surface area contributed by atoms with Gasteiger partial charge in [-0.05, 0) is 49.8 Å². The number of hydrogen-bond acceptors (Lipinski definition) is 4. The molecule has 3 aromatic rings. The normalized spacial score (nSPS) is 15.5. The number of likely N-dealkylation sites (tertiary alicyclic amines) is 1. The number of imidazole rings is 1. The Morgan fingerprint density at radius 1 is 1.14 bits per heavy atom. The van der Waals surface area contributed by atoms with Gasteiger partial charge in [0, 0.05) is 13.1 Å². The van der Waals surface area contributed by atoms with Crippen molar-refractivity contribution in [2.45, 2.75) is 38.8 Å². The molecule has 1 aliphatic rings. The molecule has 4 rings (SSSR count). The second-order valence-electron chi connectivity index (χ2n) is 7.16. The average Bonchev–Trinajstić information content (AvgIpc) is 3.37. The summed E-state index contributed by atoms with van der Waals surface area (Å²) in [7, 11) is 0.